The minimum Gasteiger partial charge on any atom is -0.485 e. The van der Waals surface area contributed by atoms with Gasteiger partial charge in [0, 0.05) is 17.7 Å². The molecule has 6 heteroatoms. The first-order chi connectivity index (χ1) is 12.4. The average molecular weight is 354 g/mol. The maximum absolute atomic E-state index is 12.2. The summed E-state index contributed by atoms with van der Waals surface area (Å²) in [7, 11) is 0. The zero-order valence-electron chi connectivity index (χ0n) is 14.8. The van der Waals surface area contributed by atoms with Crippen molar-refractivity contribution in [3.05, 3.63) is 59.7 Å². The van der Waals surface area contributed by atoms with Crippen molar-refractivity contribution in [2.75, 3.05) is 11.9 Å². The van der Waals surface area contributed by atoms with Crippen molar-refractivity contribution in [3.63, 3.8) is 0 Å². The van der Waals surface area contributed by atoms with E-state index in [4.69, 9.17) is 10.5 Å². The molecule has 0 unspecified atom stereocenters. The minimum absolute atomic E-state index is 0.0644. The van der Waals surface area contributed by atoms with Crippen molar-refractivity contribution in [2.24, 2.45) is 11.7 Å². The number of hydrogen-bond donors (Lipinski definition) is 2. The van der Waals surface area contributed by atoms with Crippen LogP contribution in [0.5, 0.6) is 5.75 Å². The predicted molar refractivity (Wildman–Crippen MR) is 99.3 cm³/mol. The second kappa shape index (κ2) is 8.80. The van der Waals surface area contributed by atoms with E-state index in [0.717, 1.165) is 0 Å². The molecule has 0 aliphatic heterocycles. The molecular formula is C20H22N2O4. The lowest BCUT2D eigenvalue weighted by atomic mass is 10.1. The van der Waals surface area contributed by atoms with Crippen molar-refractivity contribution < 1.29 is 19.1 Å². The Morgan fingerprint density at radius 2 is 1.69 bits per heavy atom. The van der Waals surface area contributed by atoms with E-state index in [-0.39, 0.29) is 35.5 Å². The fraction of sp³-hybridized carbons (Fsp3) is 0.250. The molecular weight excluding hydrogens is 332 g/mol. The summed E-state index contributed by atoms with van der Waals surface area (Å²) in [5.74, 6) is -0.383. The van der Waals surface area contributed by atoms with Crippen molar-refractivity contribution >= 4 is 23.3 Å². The number of rotatable bonds is 8. The van der Waals surface area contributed by atoms with Crippen LogP contribution in [-0.2, 0) is 4.79 Å². The van der Waals surface area contributed by atoms with Crippen molar-refractivity contribution in [1.82, 2.24) is 0 Å². The Kier molecular flexibility index (Phi) is 6.49. The molecule has 0 atom stereocenters. The third-order valence-corrected chi connectivity index (χ3v) is 3.60. The Labute approximate surface area is 152 Å². The zero-order chi connectivity index (χ0) is 19.1. The molecule has 0 saturated heterocycles. The summed E-state index contributed by atoms with van der Waals surface area (Å²) in [5.41, 5.74) is 6.58. The number of benzene rings is 2. The van der Waals surface area contributed by atoms with Gasteiger partial charge >= 0.3 is 0 Å². The van der Waals surface area contributed by atoms with Crippen LogP contribution in [-0.4, -0.2) is 24.2 Å². The smallest absolute Gasteiger partial charge is 0.252 e. The van der Waals surface area contributed by atoms with Crippen LogP contribution >= 0.6 is 0 Å². The molecule has 0 spiro atoms. The van der Waals surface area contributed by atoms with Gasteiger partial charge in [0.15, 0.2) is 12.4 Å². The normalized spacial score (nSPS) is 10.4. The number of anilines is 1. The van der Waals surface area contributed by atoms with E-state index < -0.39 is 5.91 Å². The molecule has 0 aromatic heterocycles. The van der Waals surface area contributed by atoms with E-state index in [1.807, 2.05) is 13.8 Å². The highest BCUT2D eigenvalue weighted by Crippen LogP contribution is 2.18. The van der Waals surface area contributed by atoms with Gasteiger partial charge in [-0.3, -0.25) is 14.4 Å². The van der Waals surface area contributed by atoms with E-state index in [2.05, 4.69) is 5.32 Å². The molecule has 2 aromatic rings. The monoisotopic (exact) mass is 354 g/mol. The molecule has 0 saturated carbocycles. The maximum Gasteiger partial charge on any atom is 0.252 e. The van der Waals surface area contributed by atoms with Crippen molar-refractivity contribution in [1.29, 1.82) is 0 Å². The highest BCUT2D eigenvalue weighted by atomic mass is 16.5. The van der Waals surface area contributed by atoms with Gasteiger partial charge in [0.1, 0.15) is 5.75 Å². The van der Waals surface area contributed by atoms with Crippen molar-refractivity contribution in [2.45, 2.75) is 20.3 Å². The largest absolute Gasteiger partial charge is 0.485 e. The predicted octanol–water partition coefficient (Wildman–Crippen LogP) is 3.03. The van der Waals surface area contributed by atoms with Crippen molar-refractivity contribution in [3.8, 4) is 5.75 Å². The molecule has 2 amide bonds. The number of nitrogens with one attached hydrogen (secondary N) is 1. The first kappa shape index (κ1) is 19.2. The lowest BCUT2D eigenvalue weighted by Gasteiger charge is -2.10. The number of nitrogens with two attached hydrogens (primary N) is 1. The number of hydrogen-bond acceptors (Lipinski definition) is 4. The number of para-hydroxylation sites is 1. The summed E-state index contributed by atoms with van der Waals surface area (Å²) in [5, 5.41) is 2.78. The molecule has 0 fully saturated rings. The zero-order valence-corrected chi connectivity index (χ0v) is 14.8. The number of carbonyl (C=O) groups excluding carboxylic acids is 3. The molecule has 0 heterocycles. The maximum atomic E-state index is 12.2. The summed E-state index contributed by atoms with van der Waals surface area (Å²) in [4.78, 5) is 35.4. The van der Waals surface area contributed by atoms with Gasteiger partial charge in [0.05, 0.1) is 5.56 Å². The molecule has 2 aromatic carbocycles. The molecule has 0 aliphatic rings. The fourth-order valence-corrected chi connectivity index (χ4v) is 2.34. The van der Waals surface area contributed by atoms with Gasteiger partial charge in [0.2, 0.25) is 5.91 Å². The van der Waals surface area contributed by atoms with E-state index in [0.29, 0.717) is 17.7 Å². The highest BCUT2D eigenvalue weighted by Gasteiger charge is 2.12. The first-order valence-electron chi connectivity index (χ1n) is 8.31. The molecule has 2 rings (SSSR count). The molecule has 0 radical (unpaired) electrons. The quantitative estimate of drug-likeness (QED) is 0.712. The number of amides is 2. The Hall–Kier alpha value is -3.15. The second-order valence-corrected chi connectivity index (χ2v) is 6.30. The molecule has 6 nitrogen and oxygen atoms in total. The van der Waals surface area contributed by atoms with Crippen LogP contribution in [0.15, 0.2) is 48.5 Å². The summed E-state index contributed by atoms with van der Waals surface area (Å²) in [6, 6.07) is 13.1. The van der Waals surface area contributed by atoms with Gasteiger partial charge in [-0.2, -0.15) is 0 Å². The summed E-state index contributed by atoms with van der Waals surface area (Å²) in [6.45, 7) is 3.72. The summed E-state index contributed by atoms with van der Waals surface area (Å²) < 4.78 is 5.43. The van der Waals surface area contributed by atoms with Gasteiger partial charge in [-0.05, 0) is 42.3 Å². The van der Waals surface area contributed by atoms with Gasteiger partial charge < -0.3 is 15.8 Å². The SMILES string of the molecule is CC(C)CC(=O)Nc1ccc(C(=O)COc2ccccc2C(N)=O)cc1. The molecule has 0 aliphatic carbocycles. The van der Waals surface area contributed by atoms with Crippen LogP contribution in [0.3, 0.4) is 0 Å². The summed E-state index contributed by atoms with van der Waals surface area (Å²) in [6.07, 6.45) is 0.438. The lowest BCUT2D eigenvalue weighted by molar-refractivity contribution is -0.116. The van der Waals surface area contributed by atoms with Crippen LogP contribution < -0.4 is 15.8 Å². The lowest BCUT2D eigenvalue weighted by Crippen LogP contribution is -2.16. The Bertz CT molecular complexity index is 798. The number of Topliss-reactive ketones (excluding diaryl/α,β-unsaturated/α-hetero) is 1. The van der Waals surface area contributed by atoms with Gasteiger partial charge in [-0.1, -0.05) is 26.0 Å². The van der Waals surface area contributed by atoms with E-state index in [9.17, 15) is 14.4 Å². The molecule has 3 N–H and O–H groups in total. The van der Waals surface area contributed by atoms with Crippen LogP contribution in [0.4, 0.5) is 5.69 Å². The molecule has 0 bridgehead atoms. The van der Waals surface area contributed by atoms with Crippen LogP contribution in [0, 0.1) is 5.92 Å². The Morgan fingerprint density at radius 1 is 1.04 bits per heavy atom. The highest BCUT2D eigenvalue weighted by molar-refractivity contribution is 5.99. The van der Waals surface area contributed by atoms with Crippen LogP contribution in [0.1, 0.15) is 41.0 Å². The number of carbonyl (C=O) groups is 3. The van der Waals surface area contributed by atoms with E-state index in [1.165, 1.54) is 6.07 Å². The third-order valence-electron chi connectivity index (χ3n) is 3.60. The number of ketones is 1. The van der Waals surface area contributed by atoms with Crippen LogP contribution in [0.25, 0.3) is 0 Å². The third kappa shape index (κ3) is 5.44. The van der Waals surface area contributed by atoms with Gasteiger partial charge in [-0.15, -0.1) is 0 Å². The van der Waals surface area contributed by atoms with Gasteiger partial charge in [-0.25, -0.2) is 0 Å². The van der Waals surface area contributed by atoms with Gasteiger partial charge in [0.25, 0.3) is 5.91 Å². The standard InChI is InChI=1S/C20H22N2O4/c1-13(2)11-19(24)22-15-9-7-14(8-10-15)17(23)12-26-18-6-4-3-5-16(18)20(21)25/h3-10,13H,11-12H2,1-2H3,(H2,21,25)(H,22,24). The minimum atomic E-state index is -0.616. The number of primary amides is 1. The Balaban J connectivity index is 1.96. The van der Waals surface area contributed by atoms with E-state index >= 15 is 0 Å². The topological polar surface area (TPSA) is 98.5 Å². The Morgan fingerprint density at radius 3 is 2.31 bits per heavy atom. The summed E-state index contributed by atoms with van der Waals surface area (Å²) >= 11 is 0. The van der Waals surface area contributed by atoms with E-state index in [1.54, 1.807) is 42.5 Å². The molecule has 136 valence electrons. The number of ether oxygens (including phenoxy) is 1. The average Bonchev–Trinajstić information content (AvgIpc) is 2.59. The van der Waals surface area contributed by atoms with Crippen LogP contribution in [0.2, 0.25) is 0 Å². The second-order valence-electron chi connectivity index (χ2n) is 6.30. The fourth-order valence-electron chi connectivity index (χ4n) is 2.34. The molecule has 26 heavy (non-hydrogen) atoms. The first-order valence-corrected chi connectivity index (χ1v) is 8.31.